The van der Waals surface area contributed by atoms with E-state index in [0.29, 0.717) is 11.3 Å². The molecular weight excluding hydrogens is 382 g/mol. The fraction of sp³-hybridized carbons (Fsp3) is 0.348. The number of carbonyl (C=O) groups excluding carboxylic acids is 2. The molecule has 2 aromatic carbocycles. The maximum Gasteiger partial charge on any atom is 0.234 e. The Balaban J connectivity index is 1.64. The minimum atomic E-state index is -0.0823. The third kappa shape index (κ3) is 6.75. The average Bonchev–Trinajstić information content (AvgIpc) is 3.02. The number of aliphatic imine (C=N–C) groups is 1. The molecule has 5 nitrogen and oxygen atoms in total. The molecule has 0 spiro atoms. The largest absolute Gasteiger partial charge is 0.351 e. The lowest BCUT2D eigenvalue weighted by Gasteiger charge is -2.23. The van der Waals surface area contributed by atoms with Crippen LogP contribution in [-0.2, 0) is 4.79 Å². The van der Waals surface area contributed by atoms with E-state index in [2.05, 4.69) is 10.2 Å². The highest BCUT2D eigenvalue weighted by Gasteiger charge is 2.16. The van der Waals surface area contributed by atoms with E-state index in [1.54, 1.807) is 24.3 Å². The fourth-order valence-corrected chi connectivity index (χ4v) is 4.05. The number of amidine groups is 1. The van der Waals surface area contributed by atoms with Gasteiger partial charge in [-0.1, -0.05) is 42.8 Å². The first-order chi connectivity index (χ1) is 14.1. The number of benzene rings is 2. The summed E-state index contributed by atoms with van der Waals surface area (Å²) in [5.41, 5.74) is 2.23. The van der Waals surface area contributed by atoms with Crippen molar-refractivity contribution < 1.29 is 9.59 Å². The summed E-state index contributed by atoms with van der Waals surface area (Å²) in [6, 6.07) is 16.9. The molecule has 1 aliphatic heterocycles. The number of likely N-dealkylation sites (tertiary alicyclic amines) is 1. The summed E-state index contributed by atoms with van der Waals surface area (Å²) >= 11 is 1.48. The molecule has 1 heterocycles. The van der Waals surface area contributed by atoms with Gasteiger partial charge in [-0.05, 0) is 56.2 Å². The molecule has 1 aliphatic rings. The van der Waals surface area contributed by atoms with Gasteiger partial charge in [-0.15, -0.1) is 0 Å². The number of rotatable bonds is 5. The third-order valence-corrected chi connectivity index (χ3v) is 5.78. The van der Waals surface area contributed by atoms with Crippen molar-refractivity contribution in [3.05, 3.63) is 60.2 Å². The number of Topliss-reactive ketones (excluding diaryl/α,β-unsaturated/α-hetero) is 1. The molecule has 152 valence electrons. The van der Waals surface area contributed by atoms with Crippen molar-refractivity contribution in [2.75, 3.05) is 24.2 Å². The van der Waals surface area contributed by atoms with Crippen LogP contribution in [0.1, 0.15) is 43.0 Å². The molecule has 1 N–H and O–H groups in total. The standard InChI is InChI=1S/C23H27N3O2S/c1-18(27)19-11-13-21(14-12-19)24-22(28)17-29-23(25-20-9-5-4-6-10-20)26-15-7-2-3-8-16-26/h4-6,9-14H,2-3,7-8,15-17H2,1H3,(H,24,28). The smallest absolute Gasteiger partial charge is 0.234 e. The van der Waals surface area contributed by atoms with Gasteiger partial charge in [0.05, 0.1) is 11.4 Å². The zero-order chi connectivity index (χ0) is 20.5. The summed E-state index contributed by atoms with van der Waals surface area (Å²) in [7, 11) is 0. The summed E-state index contributed by atoms with van der Waals surface area (Å²) in [6.07, 6.45) is 4.80. The summed E-state index contributed by atoms with van der Waals surface area (Å²) in [5, 5.41) is 3.80. The normalized spacial score (nSPS) is 14.9. The number of nitrogens with one attached hydrogen (secondary N) is 1. The van der Waals surface area contributed by atoms with Crippen LogP contribution in [0.25, 0.3) is 0 Å². The van der Waals surface area contributed by atoms with E-state index in [1.165, 1.54) is 31.5 Å². The van der Waals surface area contributed by atoms with Gasteiger partial charge in [0.2, 0.25) is 5.91 Å². The van der Waals surface area contributed by atoms with Gasteiger partial charge in [0.15, 0.2) is 11.0 Å². The molecule has 1 fully saturated rings. The molecule has 0 radical (unpaired) electrons. The second-order valence-corrected chi connectivity index (χ2v) is 8.04. The molecule has 3 rings (SSSR count). The van der Waals surface area contributed by atoms with E-state index in [9.17, 15) is 9.59 Å². The number of hydrogen-bond donors (Lipinski definition) is 1. The van der Waals surface area contributed by atoms with Gasteiger partial charge in [-0.3, -0.25) is 9.59 Å². The molecule has 6 heteroatoms. The van der Waals surface area contributed by atoms with Crippen molar-refractivity contribution >= 4 is 40.0 Å². The Labute approximate surface area is 176 Å². The van der Waals surface area contributed by atoms with Gasteiger partial charge >= 0.3 is 0 Å². The third-order valence-electron chi connectivity index (χ3n) is 4.77. The topological polar surface area (TPSA) is 61.8 Å². The van der Waals surface area contributed by atoms with Crippen LogP contribution in [0, 0.1) is 0 Å². The van der Waals surface area contributed by atoms with Crippen molar-refractivity contribution in [2.24, 2.45) is 4.99 Å². The molecule has 0 unspecified atom stereocenters. The Morgan fingerprint density at radius 2 is 1.62 bits per heavy atom. The molecule has 0 atom stereocenters. The summed E-state index contributed by atoms with van der Waals surface area (Å²) in [4.78, 5) is 31.0. The van der Waals surface area contributed by atoms with Crippen molar-refractivity contribution in [1.82, 2.24) is 4.90 Å². The molecular formula is C23H27N3O2S. The number of para-hydroxylation sites is 1. The zero-order valence-corrected chi connectivity index (χ0v) is 17.6. The monoisotopic (exact) mass is 409 g/mol. The molecule has 29 heavy (non-hydrogen) atoms. The van der Waals surface area contributed by atoms with E-state index >= 15 is 0 Å². The quantitative estimate of drug-likeness (QED) is 0.423. The van der Waals surface area contributed by atoms with Crippen LogP contribution in [0.5, 0.6) is 0 Å². The van der Waals surface area contributed by atoms with Crippen LogP contribution < -0.4 is 5.32 Å². The first-order valence-corrected chi connectivity index (χ1v) is 11.0. The second-order valence-electron chi connectivity index (χ2n) is 7.10. The van der Waals surface area contributed by atoms with Crippen molar-refractivity contribution in [1.29, 1.82) is 0 Å². The van der Waals surface area contributed by atoms with Crippen molar-refractivity contribution in [3.63, 3.8) is 0 Å². The number of carbonyl (C=O) groups is 2. The number of nitrogens with zero attached hydrogens (tertiary/aromatic N) is 2. The first-order valence-electron chi connectivity index (χ1n) is 10.0. The van der Waals surface area contributed by atoms with E-state index in [-0.39, 0.29) is 17.4 Å². The highest BCUT2D eigenvalue weighted by Crippen LogP contribution is 2.21. The summed E-state index contributed by atoms with van der Waals surface area (Å²) < 4.78 is 0. The van der Waals surface area contributed by atoms with Crippen LogP contribution >= 0.6 is 11.8 Å². The predicted molar refractivity (Wildman–Crippen MR) is 121 cm³/mol. The second kappa shape index (κ2) is 10.8. The molecule has 0 aromatic heterocycles. The van der Waals surface area contributed by atoms with Gasteiger partial charge in [0.1, 0.15) is 0 Å². The summed E-state index contributed by atoms with van der Waals surface area (Å²) in [5.74, 6) is 0.218. The first kappa shape index (κ1) is 21.1. The van der Waals surface area contributed by atoms with E-state index in [0.717, 1.165) is 36.8 Å². The van der Waals surface area contributed by atoms with Crippen LogP contribution in [0.2, 0.25) is 0 Å². The minimum absolute atomic E-state index is 0.0117. The predicted octanol–water partition coefficient (Wildman–Crippen LogP) is 5.12. The fourth-order valence-electron chi connectivity index (χ4n) is 3.18. The van der Waals surface area contributed by atoms with Gasteiger partial charge < -0.3 is 10.2 Å². The Morgan fingerprint density at radius 1 is 0.966 bits per heavy atom. The number of hydrogen-bond acceptors (Lipinski definition) is 4. The number of amides is 1. The van der Waals surface area contributed by atoms with Gasteiger partial charge in [0.25, 0.3) is 0 Å². The lowest BCUT2D eigenvalue weighted by molar-refractivity contribution is -0.113. The molecule has 1 amide bonds. The number of ketones is 1. The maximum absolute atomic E-state index is 12.5. The lowest BCUT2D eigenvalue weighted by atomic mass is 10.1. The zero-order valence-electron chi connectivity index (χ0n) is 16.8. The van der Waals surface area contributed by atoms with Crippen LogP contribution in [-0.4, -0.2) is 40.6 Å². The molecule has 0 bridgehead atoms. The Bertz CT molecular complexity index is 842. The molecule has 0 saturated carbocycles. The SMILES string of the molecule is CC(=O)c1ccc(NC(=O)CSC(=Nc2ccccc2)N2CCCCCC2)cc1. The van der Waals surface area contributed by atoms with Gasteiger partial charge in [-0.25, -0.2) is 4.99 Å². The van der Waals surface area contributed by atoms with Crippen molar-refractivity contribution in [3.8, 4) is 0 Å². The number of thioether (sulfide) groups is 1. The highest BCUT2D eigenvalue weighted by atomic mass is 32.2. The Hall–Kier alpha value is -2.60. The van der Waals surface area contributed by atoms with Gasteiger partial charge in [-0.2, -0.15) is 0 Å². The molecule has 0 aliphatic carbocycles. The van der Waals surface area contributed by atoms with Crippen LogP contribution in [0.3, 0.4) is 0 Å². The molecule has 1 saturated heterocycles. The van der Waals surface area contributed by atoms with E-state index in [4.69, 9.17) is 4.99 Å². The van der Waals surface area contributed by atoms with Crippen molar-refractivity contribution in [2.45, 2.75) is 32.6 Å². The minimum Gasteiger partial charge on any atom is -0.351 e. The highest BCUT2D eigenvalue weighted by molar-refractivity contribution is 8.14. The van der Waals surface area contributed by atoms with E-state index in [1.807, 2.05) is 30.3 Å². The lowest BCUT2D eigenvalue weighted by Crippen LogP contribution is -2.31. The van der Waals surface area contributed by atoms with Crippen LogP contribution in [0.15, 0.2) is 59.6 Å². The number of anilines is 1. The van der Waals surface area contributed by atoms with Crippen LogP contribution in [0.4, 0.5) is 11.4 Å². The maximum atomic E-state index is 12.5. The molecule has 2 aromatic rings. The Morgan fingerprint density at radius 3 is 2.24 bits per heavy atom. The van der Waals surface area contributed by atoms with Gasteiger partial charge in [0, 0.05) is 24.3 Å². The Kier molecular flexibility index (Phi) is 7.87. The average molecular weight is 410 g/mol. The summed E-state index contributed by atoms with van der Waals surface area (Å²) in [6.45, 7) is 3.49. The van der Waals surface area contributed by atoms with E-state index < -0.39 is 0 Å².